The third-order valence-corrected chi connectivity index (χ3v) is 7.00. The number of anilines is 1. The van der Waals surface area contributed by atoms with Crippen LogP contribution in [0.2, 0.25) is 5.02 Å². The summed E-state index contributed by atoms with van der Waals surface area (Å²) in [7, 11) is -4.03. The van der Waals surface area contributed by atoms with Crippen molar-refractivity contribution in [2.75, 3.05) is 11.9 Å². The lowest BCUT2D eigenvalue weighted by Gasteiger charge is -2.19. The summed E-state index contributed by atoms with van der Waals surface area (Å²) in [5.41, 5.74) is 0.941. The van der Waals surface area contributed by atoms with Gasteiger partial charge >= 0.3 is 5.97 Å². The van der Waals surface area contributed by atoms with Gasteiger partial charge in [-0.1, -0.05) is 23.7 Å². The van der Waals surface area contributed by atoms with Crippen molar-refractivity contribution in [2.24, 2.45) is 0 Å². The fourth-order valence-corrected chi connectivity index (χ4v) is 4.52. The molecule has 0 radical (unpaired) electrons. The lowest BCUT2D eigenvalue weighted by molar-refractivity contribution is -0.136. The molecule has 178 valence electrons. The van der Waals surface area contributed by atoms with E-state index in [1.165, 1.54) is 12.1 Å². The van der Waals surface area contributed by atoms with Crippen molar-refractivity contribution in [2.45, 2.75) is 17.4 Å². The number of hydrogen-bond acceptors (Lipinski definition) is 5. The van der Waals surface area contributed by atoms with Crippen molar-refractivity contribution in [3.05, 3.63) is 87.0 Å². The van der Waals surface area contributed by atoms with E-state index < -0.39 is 27.9 Å². The molecule has 3 rings (SSSR count). The molecule has 0 aliphatic rings. The van der Waals surface area contributed by atoms with E-state index in [9.17, 15) is 18.0 Å². The van der Waals surface area contributed by atoms with E-state index in [2.05, 4.69) is 32.6 Å². The molecule has 1 atom stereocenters. The summed E-state index contributed by atoms with van der Waals surface area (Å²) < 4.78 is 34.7. The Hall–Kier alpha value is -2.67. The Labute approximate surface area is 215 Å². The van der Waals surface area contributed by atoms with Crippen molar-refractivity contribution in [3.63, 3.8) is 0 Å². The van der Waals surface area contributed by atoms with E-state index in [0.717, 1.165) is 3.57 Å². The summed E-state index contributed by atoms with van der Waals surface area (Å²) in [6, 6.07) is 17.6. The number of aliphatic carboxylic acids is 1. The standard InChI is InChI=1S/C23H20ClIN2O6S/c24-16-3-9-19(10-4-16)33-14-21(27-34(31,32)20-11-5-17(25)6-12-20)23(30)26-18-7-1-15(2-8-18)13-22(28)29/h1-12,21,27H,13-14H2,(H,26,30)(H,28,29). The zero-order chi connectivity index (χ0) is 24.7. The number of halogens is 2. The van der Waals surface area contributed by atoms with E-state index >= 15 is 0 Å². The van der Waals surface area contributed by atoms with Gasteiger partial charge in [0.2, 0.25) is 15.9 Å². The molecule has 0 aliphatic carbocycles. The summed E-state index contributed by atoms with van der Waals surface area (Å²) in [6.45, 7) is -0.284. The minimum absolute atomic E-state index is 0.00947. The second-order valence-electron chi connectivity index (χ2n) is 7.15. The van der Waals surface area contributed by atoms with E-state index in [1.54, 1.807) is 60.7 Å². The van der Waals surface area contributed by atoms with Crippen LogP contribution in [0.5, 0.6) is 5.75 Å². The smallest absolute Gasteiger partial charge is 0.307 e. The second kappa shape index (κ2) is 11.6. The number of hydrogen-bond donors (Lipinski definition) is 3. The molecule has 1 unspecified atom stereocenters. The van der Waals surface area contributed by atoms with Gasteiger partial charge in [0.1, 0.15) is 18.4 Å². The minimum Gasteiger partial charge on any atom is -0.491 e. The van der Waals surface area contributed by atoms with Crippen LogP contribution in [0.1, 0.15) is 5.56 Å². The van der Waals surface area contributed by atoms with Crippen LogP contribution in [0.25, 0.3) is 0 Å². The summed E-state index contributed by atoms with van der Waals surface area (Å²) in [4.78, 5) is 23.8. The van der Waals surface area contributed by atoms with Crippen LogP contribution < -0.4 is 14.8 Å². The normalized spacial score (nSPS) is 12.1. The number of nitrogens with one attached hydrogen (secondary N) is 2. The van der Waals surface area contributed by atoms with Crippen molar-refractivity contribution < 1.29 is 27.9 Å². The number of rotatable bonds is 10. The average molecular weight is 615 g/mol. The zero-order valence-corrected chi connectivity index (χ0v) is 21.3. The van der Waals surface area contributed by atoms with Gasteiger partial charge in [-0.2, -0.15) is 4.72 Å². The molecule has 11 heteroatoms. The van der Waals surface area contributed by atoms with Gasteiger partial charge in [0.05, 0.1) is 11.3 Å². The Kier molecular flexibility index (Phi) is 8.89. The van der Waals surface area contributed by atoms with Crippen LogP contribution in [0, 0.1) is 3.57 Å². The predicted octanol–water partition coefficient (Wildman–Crippen LogP) is 3.94. The maximum absolute atomic E-state index is 13.0. The molecule has 3 aromatic rings. The Morgan fingerprint density at radius 2 is 1.59 bits per heavy atom. The van der Waals surface area contributed by atoms with Gasteiger partial charge in [-0.05, 0) is 88.8 Å². The number of sulfonamides is 1. The average Bonchev–Trinajstić information content (AvgIpc) is 2.79. The van der Waals surface area contributed by atoms with E-state index in [4.69, 9.17) is 21.4 Å². The number of carboxylic acids is 1. The van der Waals surface area contributed by atoms with Gasteiger partial charge in [0, 0.05) is 14.3 Å². The highest BCUT2D eigenvalue weighted by atomic mass is 127. The summed E-state index contributed by atoms with van der Waals surface area (Å²) in [6.07, 6.45) is -0.151. The fourth-order valence-electron chi connectivity index (χ4n) is 2.85. The molecule has 0 heterocycles. The molecule has 3 aromatic carbocycles. The SMILES string of the molecule is O=C(O)Cc1ccc(NC(=O)C(COc2ccc(Cl)cc2)NS(=O)(=O)c2ccc(I)cc2)cc1. The van der Waals surface area contributed by atoms with E-state index in [1.807, 2.05) is 0 Å². The van der Waals surface area contributed by atoms with Crippen LogP contribution in [0.4, 0.5) is 5.69 Å². The van der Waals surface area contributed by atoms with Gasteiger partial charge in [-0.25, -0.2) is 8.42 Å². The molecule has 1 amide bonds. The number of carbonyl (C=O) groups excluding carboxylic acids is 1. The lowest BCUT2D eigenvalue weighted by Crippen LogP contribution is -2.47. The molecule has 34 heavy (non-hydrogen) atoms. The first-order valence-electron chi connectivity index (χ1n) is 9.90. The molecule has 0 saturated heterocycles. The molecule has 0 bridgehead atoms. The molecule has 8 nitrogen and oxygen atoms in total. The molecule has 0 saturated carbocycles. The van der Waals surface area contributed by atoms with Gasteiger partial charge in [0.15, 0.2) is 0 Å². The van der Waals surface area contributed by atoms with Crippen LogP contribution in [0.3, 0.4) is 0 Å². The molecule has 0 aromatic heterocycles. The van der Waals surface area contributed by atoms with E-state index in [-0.39, 0.29) is 17.9 Å². The number of carbonyl (C=O) groups is 2. The first-order valence-corrected chi connectivity index (χ1v) is 12.8. The summed E-state index contributed by atoms with van der Waals surface area (Å²) in [5.74, 6) is -1.20. The quantitative estimate of drug-likeness (QED) is 0.298. The number of carboxylic acid groups (broad SMARTS) is 1. The molecular formula is C23H20ClIN2O6S. The number of benzene rings is 3. The maximum Gasteiger partial charge on any atom is 0.307 e. The Balaban J connectivity index is 1.78. The molecule has 0 fully saturated rings. The highest BCUT2D eigenvalue weighted by Crippen LogP contribution is 2.17. The van der Waals surface area contributed by atoms with Crippen molar-refractivity contribution >= 4 is 61.8 Å². The fraction of sp³-hybridized carbons (Fsp3) is 0.130. The van der Waals surface area contributed by atoms with Crippen LogP contribution >= 0.6 is 34.2 Å². The lowest BCUT2D eigenvalue weighted by atomic mass is 10.1. The first-order chi connectivity index (χ1) is 16.1. The van der Waals surface area contributed by atoms with Crippen molar-refractivity contribution in [1.29, 1.82) is 0 Å². The van der Waals surface area contributed by atoms with Gasteiger partial charge in [0.25, 0.3) is 0 Å². The third-order valence-electron chi connectivity index (χ3n) is 4.54. The monoisotopic (exact) mass is 614 g/mol. The number of ether oxygens (including phenoxy) is 1. The Morgan fingerprint density at radius 1 is 0.971 bits per heavy atom. The second-order valence-corrected chi connectivity index (χ2v) is 10.5. The summed E-state index contributed by atoms with van der Waals surface area (Å²) >= 11 is 7.94. The largest absolute Gasteiger partial charge is 0.491 e. The Morgan fingerprint density at radius 3 is 2.18 bits per heavy atom. The van der Waals surface area contributed by atoms with Crippen molar-refractivity contribution in [1.82, 2.24) is 4.72 Å². The number of amides is 1. The van der Waals surface area contributed by atoms with Crippen LogP contribution in [-0.4, -0.2) is 38.0 Å². The minimum atomic E-state index is -4.03. The topological polar surface area (TPSA) is 122 Å². The van der Waals surface area contributed by atoms with E-state index in [0.29, 0.717) is 22.0 Å². The molecular weight excluding hydrogens is 595 g/mol. The predicted molar refractivity (Wildman–Crippen MR) is 137 cm³/mol. The third kappa shape index (κ3) is 7.69. The van der Waals surface area contributed by atoms with Gasteiger partial charge in [-0.15, -0.1) is 0 Å². The van der Waals surface area contributed by atoms with Gasteiger partial charge < -0.3 is 15.2 Å². The summed E-state index contributed by atoms with van der Waals surface area (Å²) in [5, 5.41) is 12.0. The van der Waals surface area contributed by atoms with Crippen LogP contribution in [-0.2, 0) is 26.0 Å². The zero-order valence-electron chi connectivity index (χ0n) is 17.6. The highest BCUT2D eigenvalue weighted by molar-refractivity contribution is 14.1. The molecule has 3 N–H and O–H groups in total. The molecule has 0 spiro atoms. The first kappa shape index (κ1) is 25.9. The van der Waals surface area contributed by atoms with Crippen LogP contribution in [0.15, 0.2) is 77.7 Å². The molecule has 0 aliphatic heterocycles. The highest BCUT2D eigenvalue weighted by Gasteiger charge is 2.27. The van der Waals surface area contributed by atoms with Crippen molar-refractivity contribution in [3.8, 4) is 5.75 Å². The van der Waals surface area contributed by atoms with Gasteiger partial charge in [-0.3, -0.25) is 9.59 Å². The maximum atomic E-state index is 13.0. The Bertz CT molecular complexity index is 1250.